The van der Waals surface area contributed by atoms with Gasteiger partial charge in [0, 0.05) is 25.7 Å². The minimum atomic E-state index is 0.296. The fraction of sp³-hybridized carbons (Fsp3) is 0.571. The third-order valence-corrected chi connectivity index (χ3v) is 3.69. The SMILES string of the molecule is CN[C@@H]1CN(Cc2ccccc2)CC[C@H]1CO. The number of likely N-dealkylation sites (tertiary alicyclic amines) is 1. The summed E-state index contributed by atoms with van der Waals surface area (Å²) in [5.74, 6) is 0.409. The second-order valence-electron chi connectivity index (χ2n) is 4.85. The van der Waals surface area contributed by atoms with Crippen LogP contribution in [0.25, 0.3) is 0 Å². The van der Waals surface area contributed by atoms with Crippen LogP contribution in [0.5, 0.6) is 0 Å². The van der Waals surface area contributed by atoms with E-state index in [0.717, 1.165) is 26.1 Å². The number of nitrogens with one attached hydrogen (secondary N) is 1. The van der Waals surface area contributed by atoms with Crippen molar-refractivity contribution in [1.29, 1.82) is 0 Å². The summed E-state index contributed by atoms with van der Waals surface area (Å²) >= 11 is 0. The van der Waals surface area contributed by atoms with Gasteiger partial charge in [-0.2, -0.15) is 0 Å². The predicted molar refractivity (Wildman–Crippen MR) is 69.8 cm³/mol. The normalized spacial score (nSPS) is 26.0. The number of aliphatic hydroxyl groups is 1. The fourth-order valence-electron chi connectivity index (χ4n) is 2.60. The lowest BCUT2D eigenvalue weighted by Crippen LogP contribution is -2.50. The van der Waals surface area contributed by atoms with E-state index >= 15 is 0 Å². The molecule has 2 rings (SSSR count). The molecule has 0 radical (unpaired) electrons. The van der Waals surface area contributed by atoms with E-state index in [9.17, 15) is 5.11 Å². The first-order chi connectivity index (χ1) is 8.33. The Hall–Kier alpha value is -0.900. The molecule has 0 saturated carbocycles. The molecule has 3 heteroatoms. The fourth-order valence-corrected chi connectivity index (χ4v) is 2.60. The predicted octanol–water partition coefficient (Wildman–Crippen LogP) is 1.09. The van der Waals surface area contributed by atoms with Crippen LogP contribution in [0.3, 0.4) is 0 Å². The van der Waals surface area contributed by atoms with E-state index in [2.05, 4.69) is 40.5 Å². The third kappa shape index (κ3) is 3.28. The van der Waals surface area contributed by atoms with Crippen molar-refractivity contribution in [3.63, 3.8) is 0 Å². The molecular formula is C14H22N2O. The second kappa shape index (κ2) is 6.15. The lowest BCUT2D eigenvalue weighted by atomic mass is 9.92. The van der Waals surface area contributed by atoms with Gasteiger partial charge in [-0.3, -0.25) is 4.90 Å². The molecule has 1 saturated heterocycles. The summed E-state index contributed by atoms with van der Waals surface area (Å²) < 4.78 is 0. The summed E-state index contributed by atoms with van der Waals surface area (Å²) in [6.45, 7) is 3.41. The Morgan fingerprint density at radius 2 is 2.12 bits per heavy atom. The number of likely N-dealkylation sites (N-methyl/N-ethyl adjacent to an activating group) is 1. The van der Waals surface area contributed by atoms with Crippen LogP contribution in [0.1, 0.15) is 12.0 Å². The van der Waals surface area contributed by atoms with Crippen LogP contribution in [-0.4, -0.2) is 42.8 Å². The van der Waals surface area contributed by atoms with Crippen molar-refractivity contribution < 1.29 is 5.11 Å². The van der Waals surface area contributed by atoms with Gasteiger partial charge >= 0.3 is 0 Å². The van der Waals surface area contributed by atoms with Gasteiger partial charge in [0.2, 0.25) is 0 Å². The summed E-state index contributed by atoms with van der Waals surface area (Å²) in [4.78, 5) is 2.46. The van der Waals surface area contributed by atoms with E-state index < -0.39 is 0 Å². The number of rotatable bonds is 4. The Kier molecular flexibility index (Phi) is 4.54. The number of benzene rings is 1. The Balaban J connectivity index is 1.91. The molecule has 0 aromatic heterocycles. The van der Waals surface area contributed by atoms with Crippen molar-refractivity contribution in [3.8, 4) is 0 Å². The molecule has 2 N–H and O–H groups in total. The van der Waals surface area contributed by atoms with Gasteiger partial charge in [0.1, 0.15) is 0 Å². The van der Waals surface area contributed by atoms with Crippen molar-refractivity contribution >= 4 is 0 Å². The van der Waals surface area contributed by atoms with E-state index in [1.165, 1.54) is 5.56 Å². The van der Waals surface area contributed by atoms with Crippen molar-refractivity contribution in [1.82, 2.24) is 10.2 Å². The van der Waals surface area contributed by atoms with E-state index in [0.29, 0.717) is 18.6 Å². The molecule has 0 unspecified atom stereocenters. The Morgan fingerprint density at radius 1 is 1.35 bits per heavy atom. The monoisotopic (exact) mass is 234 g/mol. The zero-order valence-electron chi connectivity index (χ0n) is 10.5. The van der Waals surface area contributed by atoms with Crippen LogP contribution in [-0.2, 0) is 6.54 Å². The molecule has 1 heterocycles. The maximum Gasteiger partial charge on any atom is 0.0475 e. The van der Waals surface area contributed by atoms with Gasteiger partial charge in [-0.05, 0) is 31.5 Å². The van der Waals surface area contributed by atoms with Crippen LogP contribution in [0.2, 0.25) is 0 Å². The highest BCUT2D eigenvalue weighted by molar-refractivity contribution is 5.14. The van der Waals surface area contributed by atoms with E-state index in [1.54, 1.807) is 0 Å². The van der Waals surface area contributed by atoms with Crippen molar-refractivity contribution in [2.24, 2.45) is 5.92 Å². The van der Waals surface area contributed by atoms with Crippen LogP contribution in [0.15, 0.2) is 30.3 Å². The molecule has 1 aliphatic heterocycles. The van der Waals surface area contributed by atoms with Crippen LogP contribution < -0.4 is 5.32 Å². The number of piperidine rings is 1. The molecular weight excluding hydrogens is 212 g/mol. The van der Waals surface area contributed by atoms with E-state index in [1.807, 2.05) is 7.05 Å². The first kappa shape index (κ1) is 12.6. The number of nitrogens with zero attached hydrogens (tertiary/aromatic N) is 1. The number of hydrogen-bond donors (Lipinski definition) is 2. The van der Waals surface area contributed by atoms with Gasteiger partial charge in [-0.1, -0.05) is 30.3 Å². The van der Waals surface area contributed by atoms with Gasteiger partial charge in [0.25, 0.3) is 0 Å². The van der Waals surface area contributed by atoms with Crippen LogP contribution in [0, 0.1) is 5.92 Å². The molecule has 1 aromatic rings. The lowest BCUT2D eigenvalue weighted by molar-refractivity contribution is 0.0949. The molecule has 17 heavy (non-hydrogen) atoms. The topological polar surface area (TPSA) is 35.5 Å². The third-order valence-electron chi connectivity index (χ3n) is 3.69. The average Bonchev–Trinajstić information content (AvgIpc) is 2.40. The quantitative estimate of drug-likeness (QED) is 0.818. The molecule has 2 atom stereocenters. The summed E-state index contributed by atoms with van der Waals surface area (Å²) in [6, 6.07) is 11.0. The Morgan fingerprint density at radius 3 is 2.76 bits per heavy atom. The average molecular weight is 234 g/mol. The maximum absolute atomic E-state index is 9.31. The van der Waals surface area contributed by atoms with Crippen molar-refractivity contribution in [2.45, 2.75) is 19.0 Å². The summed E-state index contributed by atoms with van der Waals surface area (Å²) in [6.07, 6.45) is 1.08. The summed E-state index contributed by atoms with van der Waals surface area (Å²) in [5, 5.41) is 12.6. The molecule has 0 amide bonds. The highest BCUT2D eigenvalue weighted by Gasteiger charge is 2.27. The molecule has 1 aromatic carbocycles. The first-order valence-electron chi connectivity index (χ1n) is 6.38. The molecule has 3 nitrogen and oxygen atoms in total. The Bertz CT molecular complexity index is 328. The number of aliphatic hydroxyl groups excluding tert-OH is 1. The van der Waals surface area contributed by atoms with Gasteiger partial charge in [-0.25, -0.2) is 0 Å². The minimum absolute atomic E-state index is 0.296. The number of hydrogen-bond acceptors (Lipinski definition) is 3. The minimum Gasteiger partial charge on any atom is -0.396 e. The summed E-state index contributed by atoms with van der Waals surface area (Å²) in [5.41, 5.74) is 1.37. The van der Waals surface area contributed by atoms with Gasteiger partial charge < -0.3 is 10.4 Å². The van der Waals surface area contributed by atoms with Crippen LogP contribution in [0.4, 0.5) is 0 Å². The highest BCUT2D eigenvalue weighted by Crippen LogP contribution is 2.18. The zero-order chi connectivity index (χ0) is 12.1. The zero-order valence-corrected chi connectivity index (χ0v) is 10.5. The second-order valence-corrected chi connectivity index (χ2v) is 4.85. The molecule has 1 fully saturated rings. The standard InChI is InChI=1S/C14H22N2O/c1-15-14-10-16(8-7-13(14)11-17)9-12-5-3-2-4-6-12/h2-6,13-15,17H,7-11H2,1H3/t13-,14+/m0/s1. The van der Waals surface area contributed by atoms with Gasteiger partial charge in [-0.15, -0.1) is 0 Å². The molecule has 0 bridgehead atoms. The van der Waals surface area contributed by atoms with Crippen molar-refractivity contribution in [3.05, 3.63) is 35.9 Å². The molecule has 0 spiro atoms. The first-order valence-corrected chi connectivity index (χ1v) is 6.38. The maximum atomic E-state index is 9.31. The molecule has 94 valence electrons. The Labute approximate surface area is 103 Å². The van der Waals surface area contributed by atoms with Gasteiger partial charge in [0.15, 0.2) is 0 Å². The summed E-state index contributed by atoms with van der Waals surface area (Å²) in [7, 11) is 1.99. The van der Waals surface area contributed by atoms with Crippen molar-refractivity contribution in [2.75, 3.05) is 26.7 Å². The van der Waals surface area contributed by atoms with Crippen LogP contribution >= 0.6 is 0 Å². The van der Waals surface area contributed by atoms with E-state index in [-0.39, 0.29) is 0 Å². The van der Waals surface area contributed by atoms with E-state index in [4.69, 9.17) is 0 Å². The molecule has 1 aliphatic rings. The largest absolute Gasteiger partial charge is 0.396 e. The molecule has 0 aliphatic carbocycles. The smallest absolute Gasteiger partial charge is 0.0475 e. The highest BCUT2D eigenvalue weighted by atomic mass is 16.3. The lowest BCUT2D eigenvalue weighted by Gasteiger charge is -2.37. The van der Waals surface area contributed by atoms with Gasteiger partial charge in [0.05, 0.1) is 0 Å².